The van der Waals surface area contributed by atoms with Gasteiger partial charge in [-0.25, -0.2) is 0 Å². The number of ether oxygens (including phenoxy) is 2. The van der Waals surface area contributed by atoms with Crippen molar-refractivity contribution in [3.63, 3.8) is 0 Å². The zero-order chi connectivity index (χ0) is 16.5. The quantitative estimate of drug-likeness (QED) is 0.693. The van der Waals surface area contributed by atoms with Gasteiger partial charge in [-0.15, -0.1) is 0 Å². The number of hydrogen-bond acceptors (Lipinski definition) is 3. The van der Waals surface area contributed by atoms with E-state index in [0.717, 1.165) is 31.0 Å². The second kappa shape index (κ2) is 9.21. The Bertz CT molecular complexity index is 610. The van der Waals surface area contributed by atoms with Crippen LogP contribution in [0.15, 0.2) is 42.5 Å². The van der Waals surface area contributed by atoms with Crippen molar-refractivity contribution in [1.82, 2.24) is 5.32 Å². The highest BCUT2D eigenvalue weighted by molar-refractivity contribution is 5.43. The molecule has 2 aromatic rings. The highest BCUT2D eigenvalue weighted by atomic mass is 16.5. The van der Waals surface area contributed by atoms with Crippen molar-refractivity contribution in [2.75, 3.05) is 13.2 Å². The Hall–Kier alpha value is -2.00. The molecule has 0 fully saturated rings. The van der Waals surface area contributed by atoms with Gasteiger partial charge >= 0.3 is 0 Å². The maximum atomic E-state index is 5.99. The van der Waals surface area contributed by atoms with Gasteiger partial charge in [-0.2, -0.15) is 0 Å². The Morgan fingerprint density at radius 2 is 1.78 bits per heavy atom. The lowest BCUT2D eigenvalue weighted by atomic mass is 10.1. The first-order valence-corrected chi connectivity index (χ1v) is 8.38. The summed E-state index contributed by atoms with van der Waals surface area (Å²) in [5.41, 5.74) is 3.65. The van der Waals surface area contributed by atoms with E-state index in [1.165, 1.54) is 16.7 Å². The lowest BCUT2D eigenvalue weighted by molar-refractivity contribution is 0.268. The van der Waals surface area contributed by atoms with Crippen molar-refractivity contribution >= 4 is 0 Å². The first kappa shape index (κ1) is 17.4. The summed E-state index contributed by atoms with van der Waals surface area (Å²) in [5, 5.41) is 3.41. The van der Waals surface area contributed by atoms with Crippen LogP contribution in [0, 0.1) is 6.92 Å². The lowest BCUT2D eigenvalue weighted by Crippen LogP contribution is -2.13. The van der Waals surface area contributed by atoms with Crippen molar-refractivity contribution in [3.05, 3.63) is 59.2 Å². The fourth-order valence-electron chi connectivity index (χ4n) is 2.39. The van der Waals surface area contributed by atoms with E-state index in [1.807, 2.05) is 25.1 Å². The molecule has 0 unspecified atom stereocenters. The fourth-order valence-corrected chi connectivity index (χ4v) is 2.39. The average Bonchev–Trinajstić information content (AvgIpc) is 2.56. The Morgan fingerprint density at radius 3 is 2.52 bits per heavy atom. The molecule has 0 aromatic heterocycles. The van der Waals surface area contributed by atoms with Crippen molar-refractivity contribution < 1.29 is 9.47 Å². The standard InChI is InChI=1S/C20H27NO2/c1-4-12-21-14-17-10-11-19(20(13-17)22-5-2)23-15-18-9-7-6-8-16(18)3/h6-11,13,21H,4-5,12,14-15H2,1-3H3. The highest BCUT2D eigenvalue weighted by Gasteiger charge is 2.08. The largest absolute Gasteiger partial charge is 0.490 e. The zero-order valence-corrected chi connectivity index (χ0v) is 14.4. The summed E-state index contributed by atoms with van der Waals surface area (Å²) in [6, 6.07) is 14.5. The van der Waals surface area contributed by atoms with Crippen LogP contribution >= 0.6 is 0 Å². The van der Waals surface area contributed by atoms with Gasteiger partial charge in [0.2, 0.25) is 0 Å². The molecule has 0 aliphatic carbocycles. The second-order valence-corrected chi connectivity index (χ2v) is 5.61. The fraction of sp³-hybridized carbons (Fsp3) is 0.400. The summed E-state index contributed by atoms with van der Waals surface area (Å²) in [5.74, 6) is 1.62. The minimum Gasteiger partial charge on any atom is -0.490 e. The Morgan fingerprint density at radius 1 is 0.957 bits per heavy atom. The first-order chi connectivity index (χ1) is 11.2. The normalized spacial score (nSPS) is 10.6. The number of aryl methyl sites for hydroxylation is 1. The van der Waals surface area contributed by atoms with Crippen LogP contribution in [0.5, 0.6) is 11.5 Å². The summed E-state index contributed by atoms with van der Waals surface area (Å²) >= 11 is 0. The predicted molar refractivity (Wildman–Crippen MR) is 95.1 cm³/mol. The third kappa shape index (κ3) is 5.29. The third-order valence-corrected chi connectivity index (χ3v) is 3.71. The van der Waals surface area contributed by atoms with Gasteiger partial charge in [-0.1, -0.05) is 37.3 Å². The smallest absolute Gasteiger partial charge is 0.161 e. The third-order valence-electron chi connectivity index (χ3n) is 3.71. The molecule has 2 aromatic carbocycles. The summed E-state index contributed by atoms with van der Waals surface area (Å²) in [6.45, 7) is 9.33. The molecule has 1 N–H and O–H groups in total. The molecule has 3 nitrogen and oxygen atoms in total. The van der Waals surface area contributed by atoms with Gasteiger partial charge in [-0.05, 0) is 55.6 Å². The van der Waals surface area contributed by atoms with E-state index in [1.54, 1.807) is 0 Å². The van der Waals surface area contributed by atoms with Gasteiger partial charge in [0.05, 0.1) is 6.61 Å². The van der Waals surface area contributed by atoms with Crippen molar-refractivity contribution in [2.24, 2.45) is 0 Å². The molecule has 0 saturated carbocycles. The molecular formula is C20H27NO2. The van der Waals surface area contributed by atoms with Crippen molar-refractivity contribution in [3.8, 4) is 11.5 Å². The highest BCUT2D eigenvalue weighted by Crippen LogP contribution is 2.29. The Balaban J connectivity index is 2.06. The monoisotopic (exact) mass is 313 g/mol. The molecule has 0 saturated heterocycles. The molecule has 0 heterocycles. The molecule has 0 aliphatic heterocycles. The van der Waals surface area contributed by atoms with E-state index in [4.69, 9.17) is 9.47 Å². The number of benzene rings is 2. The van der Waals surface area contributed by atoms with Crippen LogP contribution in [0.4, 0.5) is 0 Å². The van der Waals surface area contributed by atoms with Crippen LogP contribution in [0.25, 0.3) is 0 Å². The topological polar surface area (TPSA) is 30.5 Å². The van der Waals surface area contributed by atoms with E-state index >= 15 is 0 Å². The van der Waals surface area contributed by atoms with Gasteiger partial charge in [0.25, 0.3) is 0 Å². The minimum atomic E-state index is 0.556. The molecule has 0 radical (unpaired) electrons. The van der Waals surface area contributed by atoms with Crippen LogP contribution in [-0.4, -0.2) is 13.2 Å². The second-order valence-electron chi connectivity index (χ2n) is 5.61. The van der Waals surface area contributed by atoms with Crippen molar-refractivity contribution in [1.29, 1.82) is 0 Å². The molecule has 0 amide bonds. The summed E-state index contributed by atoms with van der Waals surface area (Å²) in [4.78, 5) is 0. The van der Waals surface area contributed by atoms with Crippen molar-refractivity contribution in [2.45, 2.75) is 40.3 Å². The average molecular weight is 313 g/mol. The predicted octanol–water partition coefficient (Wildman–Crippen LogP) is 4.47. The molecule has 0 spiro atoms. The number of nitrogens with one attached hydrogen (secondary N) is 1. The van der Waals surface area contributed by atoms with Gasteiger partial charge in [-0.3, -0.25) is 0 Å². The van der Waals surface area contributed by atoms with Gasteiger partial charge in [0.1, 0.15) is 6.61 Å². The molecular weight excluding hydrogens is 286 g/mol. The summed E-state index contributed by atoms with van der Waals surface area (Å²) in [7, 11) is 0. The maximum absolute atomic E-state index is 5.99. The Labute approximate surface area is 139 Å². The van der Waals surface area contributed by atoms with Crippen LogP contribution in [0.2, 0.25) is 0 Å². The van der Waals surface area contributed by atoms with E-state index in [2.05, 4.69) is 43.4 Å². The molecule has 124 valence electrons. The SMILES string of the molecule is CCCNCc1ccc(OCc2ccccc2C)c(OCC)c1. The van der Waals surface area contributed by atoms with Crippen LogP contribution < -0.4 is 14.8 Å². The molecule has 0 bridgehead atoms. The molecule has 0 atom stereocenters. The molecule has 2 rings (SSSR count). The van der Waals surface area contributed by atoms with E-state index in [-0.39, 0.29) is 0 Å². The van der Waals surface area contributed by atoms with Gasteiger partial charge in [0.15, 0.2) is 11.5 Å². The zero-order valence-electron chi connectivity index (χ0n) is 14.4. The minimum absolute atomic E-state index is 0.556. The van der Waals surface area contributed by atoms with Crippen LogP contribution in [-0.2, 0) is 13.2 Å². The first-order valence-electron chi connectivity index (χ1n) is 8.38. The summed E-state index contributed by atoms with van der Waals surface area (Å²) in [6.07, 6.45) is 1.13. The van der Waals surface area contributed by atoms with E-state index < -0.39 is 0 Å². The molecule has 23 heavy (non-hydrogen) atoms. The molecule has 0 aliphatic rings. The number of hydrogen-bond donors (Lipinski definition) is 1. The summed E-state index contributed by atoms with van der Waals surface area (Å²) < 4.78 is 11.7. The maximum Gasteiger partial charge on any atom is 0.161 e. The van der Waals surface area contributed by atoms with E-state index in [9.17, 15) is 0 Å². The van der Waals surface area contributed by atoms with E-state index in [0.29, 0.717) is 13.2 Å². The molecule has 3 heteroatoms. The lowest BCUT2D eigenvalue weighted by Gasteiger charge is -2.14. The number of rotatable bonds is 9. The van der Waals surface area contributed by atoms with Gasteiger partial charge in [0, 0.05) is 6.54 Å². The van der Waals surface area contributed by atoms with Crippen LogP contribution in [0.1, 0.15) is 37.0 Å². The van der Waals surface area contributed by atoms with Gasteiger partial charge < -0.3 is 14.8 Å². The Kier molecular flexibility index (Phi) is 6.95. The van der Waals surface area contributed by atoms with Crippen LogP contribution in [0.3, 0.4) is 0 Å².